The number of amides is 1. The number of fused-ring (bicyclic) bond motifs is 1. The Balaban J connectivity index is 1.31. The number of ether oxygens (including phenoxy) is 2. The summed E-state index contributed by atoms with van der Waals surface area (Å²) >= 11 is 0. The van der Waals surface area contributed by atoms with E-state index in [1.54, 1.807) is 6.07 Å². The molecule has 0 spiro atoms. The Hall–Kier alpha value is -3.78. The van der Waals surface area contributed by atoms with Gasteiger partial charge >= 0.3 is 0 Å². The molecule has 0 bridgehead atoms. The number of nitrogens with one attached hydrogen (secondary N) is 2. The fraction of sp³-hybridized carbons (Fsp3) is 0.250. The Morgan fingerprint density at radius 3 is 2.81 bits per heavy atom. The van der Waals surface area contributed by atoms with Crippen LogP contribution < -0.4 is 20.2 Å². The Labute approximate surface area is 185 Å². The molecule has 0 unspecified atom stereocenters. The van der Waals surface area contributed by atoms with Gasteiger partial charge in [-0.2, -0.15) is 0 Å². The van der Waals surface area contributed by atoms with Crippen LogP contribution in [0.1, 0.15) is 35.5 Å². The van der Waals surface area contributed by atoms with Crippen LogP contribution in [0.15, 0.2) is 64.4 Å². The predicted molar refractivity (Wildman–Crippen MR) is 118 cm³/mol. The molecule has 1 amide bonds. The van der Waals surface area contributed by atoms with Gasteiger partial charge in [-0.3, -0.25) is 4.79 Å². The van der Waals surface area contributed by atoms with E-state index >= 15 is 0 Å². The highest BCUT2D eigenvalue weighted by Gasteiger charge is 2.28. The van der Waals surface area contributed by atoms with Crippen molar-refractivity contribution in [3.8, 4) is 22.8 Å². The van der Waals surface area contributed by atoms with Crippen LogP contribution >= 0.6 is 0 Å². The zero-order chi connectivity index (χ0) is 22.2. The van der Waals surface area contributed by atoms with Crippen molar-refractivity contribution in [3.05, 3.63) is 76.7 Å². The summed E-state index contributed by atoms with van der Waals surface area (Å²) in [6.45, 7) is 7.01. The second-order valence-electron chi connectivity index (χ2n) is 7.96. The smallest absolute Gasteiger partial charge is 0.277 e. The molecule has 2 N–H and O–H groups in total. The van der Waals surface area contributed by atoms with Gasteiger partial charge in [0, 0.05) is 17.3 Å². The lowest BCUT2D eigenvalue weighted by Crippen LogP contribution is -2.37. The molecule has 0 aliphatic carbocycles. The number of aryl methyl sites for hydroxylation is 1. The molecule has 3 heterocycles. The third kappa shape index (κ3) is 3.69. The third-order valence-electron chi connectivity index (χ3n) is 5.81. The van der Waals surface area contributed by atoms with Crippen LogP contribution in [0.3, 0.4) is 0 Å². The number of carbonyl (C=O) groups is 1. The van der Waals surface area contributed by atoms with Crippen molar-refractivity contribution < 1.29 is 18.8 Å². The highest BCUT2D eigenvalue weighted by atomic mass is 16.7. The SMILES string of the molecule is CC1=C(NC(=O)c2cc(-c3ccc4c(c3)OCO4)on2)[C@H](C)NN1Cc1ccccc1C. The lowest BCUT2D eigenvalue weighted by Gasteiger charge is -2.22. The number of carbonyl (C=O) groups excluding carboxylic acids is 1. The van der Waals surface area contributed by atoms with Crippen molar-refractivity contribution in [1.29, 1.82) is 0 Å². The largest absolute Gasteiger partial charge is 0.454 e. The number of rotatable bonds is 5. The summed E-state index contributed by atoms with van der Waals surface area (Å²) in [4.78, 5) is 12.9. The molecule has 0 saturated carbocycles. The number of allylic oxidation sites excluding steroid dienone is 1. The molecule has 32 heavy (non-hydrogen) atoms. The monoisotopic (exact) mass is 432 g/mol. The van der Waals surface area contributed by atoms with Gasteiger partial charge in [-0.15, -0.1) is 0 Å². The zero-order valence-corrected chi connectivity index (χ0v) is 18.1. The van der Waals surface area contributed by atoms with Gasteiger partial charge in [-0.05, 0) is 50.1 Å². The average molecular weight is 432 g/mol. The summed E-state index contributed by atoms with van der Waals surface area (Å²) in [5, 5.41) is 9.02. The van der Waals surface area contributed by atoms with Crippen molar-refractivity contribution in [2.45, 2.75) is 33.4 Å². The van der Waals surface area contributed by atoms with E-state index in [4.69, 9.17) is 14.0 Å². The molecule has 0 fully saturated rings. The van der Waals surface area contributed by atoms with E-state index in [0.717, 1.165) is 17.0 Å². The average Bonchev–Trinajstić information content (AvgIpc) is 3.51. The molecule has 1 atom stereocenters. The highest BCUT2D eigenvalue weighted by molar-refractivity contribution is 5.94. The Morgan fingerprint density at radius 2 is 1.97 bits per heavy atom. The van der Waals surface area contributed by atoms with Gasteiger partial charge < -0.3 is 24.3 Å². The highest BCUT2D eigenvalue weighted by Crippen LogP contribution is 2.36. The first-order chi connectivity index (χ1) is 15.5. The topological polar surface area (TPSA) is 88.9 Å². The van der Waals surface area contributed by atoms with E-state index in [0.29, 0.717) is 23.8 Å². The molecule has 8 heteroatoms. The molecule has 1 aromatic heterocycles. The minimum atomic E-state index is -0.318. The van der Waals surface area contributed by atoms with E-state index in [1.165, 1.54) is 11.1 Å². The van der Waals surface area contributed by atoms with Gasteiger partial charge in [0.05, 0.1) is 18.3 Å². The molecule has 164 valence electrons. The molecular weight excluding hydrogens is 408 g/mol. The summed E-state index contributed by atoms with van der Waals surface area (Å²) in [6, 6.07) is 15.3. The number of hydrazine groups is 1. The van der Waals surface area contributed by atoms with Crippen molar-refractivity contribution >= 4 is 5.91 Å². The summed E-state index contributed by atoms with van der Waals surface area (Å²) in [5.74, 6) is 1.50. The molecular formula is C24H24N4O4. The lowest BCUT2D eigenvalue weighted by molar-refractivity contribution is 0.0954. The van der Waals surface area contributed by atoms with Crippen molar-refractivity contribution in [3.63, 3.8) is 0 Å². The van der Waals surface area contributed by atoms with E-state index in [-0.39, 0.29) is 24.4 Å². The quantitative estimate of drug-likeness (QED) is 0.635. The van der Waals surface area contributed by atoms with E-state index < -0.39 is 0 Å². The fourth-order valence-corrected chi connectivity index (χ4v) is 3.93. The van der Waals surface area contributed by atoms with Crippen LogP contribution in [0.25, 0.3) is 11.3 Å². The van der Waals surface area contributed by atoms with Crippen LogP contribution in [0.4, 0.5) is 0 Å². The first-order valence-corrected chi connectivity index (χ1v) is 10.5. The van der Waals surface area contributed by atoms with Gasteiger partial charge in [-0.25, -0.2) is 5.43 Å². The molecule has 0 radical (unpaired) electrons. The van der Waals surface area contributed by atoms with Crippen LogP contribution in [0, 0.1) is 6.92 Å². The minimum Gasteiger partial charge on any atom is -0.454 e. The van der Waals surface area contributed by atoms with Crippen LogP contribution in [-0.2, 0) is 6.54 Å². The second-order valence-corrected chi connectivity index (χ2v) is 7.96. The number of nitrogens with zero attached hydrogens (tertiary/aromatic N) is 2. The Kier molecular flexibility index (Phi) is 5.07. The molecule has 2 aliphatic rings. The van der Waals surface area contributed by atoms with Gasteiger partial charge in [0.2, 0.25) is 6.79 Å². The van der Waals surface area contributed by atoms with Gasteiger partial charge in [0.1, 0.15) is 0 Å². The van der Waals surface area contributed by atoms with Gasteiger partial charge in [-0.1, -0.05) is 29.4 Å². The normalized spacial score (nSPS) is 17.2. The lowest BCUT2D eigenvalue weighted by atomic mass is 10.1. The third-order valence-corrected chi connectivity index (χ3v) is 5.81. The number of aromatic nitrogens is 1. The molecule has 5 rings (SSSR count). The summed E-state index contributed by atoms with van der Waals surface area (Å²) < 4.78 is 16.2. The first kappa shape index (κ1) is 20.1. The number of hydrogen-bond donors (Lipinski definition) is 2. The van der Waals surface area contributed by atoms with Crippen molar-refractivity contribution in [2.75, 3.05) is 6.79 Å². The molecule has 0 saturated heterocycles. The summed E-state index contributed by atoms with van der Waals surface area (Å²) in [6.07, 6.45) is 0. The summed E-state index contributed by atoms with van der Waals surface area (Å²) in [5.41, 5.74) is 8.62. The van der Waals surface area contributed by atoms with Gasteiger partial charge in [0.25, 0.3) is 5.91 Å². The van der Waals surface area contributed by atoms with E-state index in [2.05, 4.69) is 40.0 Å². The number of benzene rings is 2. The van der Waals surface area contributed by atoms with Gasteiger partial charge in [0.15, 0.2) is 23.0 Å². The fourth-order valence-electron chi connectivity index (χ4n) is 3.93. The minimum absolute atomic E-state index is 0.0387. The standard InChI is InChI=1S/C24H24N4O4/c1-14-6-4-5-7-18(14)12-28-16(3)23(15(2)26-28)25-24(29)19-11-21(32-27-19)17-8-9-20-22(10-17)31-13-30-20/h4-11,15,26H,12-13H2,1-3H3,(H,25,29)/t15-/m0/s1. The summed E-state index contributed by atoms with van der Waals surface area (Å²) in [7, 11) is 0. The zero-order valence-electron chi connectivity index (χ0n) is 18.1. The van der Waals surface area contributed by atoms with Crippen molar-refractivity contribution in [1.82, 2.24) is 20.9 Å². The van der Waals surface area contributed by atoms with E-state index in [9.17, 15) is 4.79 Å². The maximum absolute atomic E-state index is 12.9. The molecule has 3 aromatic rings. The molecule has 2 aliphatic heterocycles. The van der Waals surface area contributed by atoms with Crippen LogP contribution in [0.2, 0.25) is 0 Å². The predicted octanol–water partition coefficient (Wildman–Crippen LogP) is 3.75. The maximum atomic E-state index is 12.9. The Bertz CT molecular complexity index is 1220. The molecule has 2 aromatic carbocycles. The van der Waals surface area contributed by atoms with E-state index in [1.807, 2.05) is 44.2 Å². The first-order valence-electron chi connectivity index (χ1n) is 10.5. The maximum Gasteiger partial charge on any atom is 0.277 e. The van der Waals surface area contributed by atoms with Crippen LogP contribution in [0.5, 0.6) is 11.5 Å². The van der Waals surface area contributed by atoms with Crippen LogP contribution in [-0.4, -0.2) is 28.9 Å². The Morgan fingerprint density at radius 1 is 1.16 bits per heavy atom. The molecule has 8 nitrogen and oxygen atoms in total. The van der Waals surface area contributed by atoms with Crippen molar-refractivity contribution in [2.24, 2.45) is 0 Å². The second kappa shape index (κ2) is 8.05. The number of hydrogen-bond acceptors (Lipinski definition) is 7.